The van der Waals surface area contributed by atoms with Gasteiger partial charge in [-0.1, -0.05) is 43.7 Å². The van der Waals surface area contributed by atoms with Gasteiger partial charge in [0, 0.05) is 6.42 Å². The van der Waals surface area contributed by atoms with Gasteiger partial charge in [0.2, 0.25) is 5.91 Å². The highest BCUT2D eigenvalue weighted by Crippen LogP contribution is 2.59. The molecular formula is C19H24N2O3. The third-order valence-corrected chi connectivity index (χ3v) is 4.95. The lowest BCUT2D eigenvalue weighted by Crippen LogP contribution is -2.48. The summed E-state index contributed by atoms with van der Waals surface area (Å²) < 4.78 is 5.62. The number of fused-ring (bicyclic) bond motifs is 1. The Hall–Kier alpha value is -2.30. The van der Waals surface area contributed by atoms with E-state index in [1.165, 1.54) is 5.57 Å². The van der Waals surface area contributed by atoms with Crippen LogP contribution in [0.4, 0.5) is 0 Å². The summed E-state index contributed by atoms with van der Waals surface area (Å²) in [6, 6.07) is 7.58. The van der Waals surface area contributed by atoms with E-state index < -0.39 is 6.10 Å². The van der Waals surface area contributed by atoms with Crippen molar-refractivity contribution in [2.24, 2.45) is 17.3 Å². The fraction of sp³-hybridized carbons (Fsp3) is 0.474. The molecule has 1 aliphatic heterocycles. The Kier molecular flexibility index (Phi) is 4.11. The van der Waals surface area contributed by atoms with Crippen molar-refractivity contribution in [1.82, 2.24) is 10.9 Å². The first-order valence-electron chi connectivity index (χ1n) is 8.30. The molecule has 2 N–H and O–H groups in total. The van der Waals surface area contributed by atoms with Crippen molar-refractivity contribution >= 4 is 11.8 Å². The van der Waals surface area contributed by atoms with Gasteiger partial charge in [-0.05, 0) is 36.8 Å². The third-order valence-electron chi connectivity index (χ3n) is 4.95. The summed E-state index contributed by atoms with van der Waals surface area (Å²) >= 11 is 0. The number of hydrogen-bond donors (Lipinski definition) is 2. The van der Waals surface area contributed by atoms with Crippen molar-refractivity contribution in [3.63, 3.8) is 0 Å². The molecule has 5 nitrogen and oxygen atoms in total. The minimum atomic E-state index is -0.594. The minimum absolute atomic E-state index is 0.0772. The van der Waals surface area contributed by atoms with Crippen molar-refractivity contribution in [3.05, 3.63) is 41.5 Å². The molecule has 128 valence electrons. The smallest absolute Gasteiger partial charge is 0.279 e. The molecular weight excluding hydrogens is 304 g/mol. The van der Waals surface area contributed by atoms with E-state index in [-0.39, 0.29) is 29.1 Å². The van der Waals surface area contributed by atoms with E-state index in [1.807, 2.05) is 38.1 Å². The van der Waals surface area contributed by atoms with E-state index in [1.54, 1.807) is 0 Å². The van der Waals surface area contributed by atoms with Gasteiger partial charge in [0.15, 0.2) is 6.10 Å². The van der Waals surface area contributed by atoms with Crippen LogP contribution in [0, 0.1) is 17.3 Å². The number of hydrazine groups is 1. The molecule has 0 radical (unpaired) electrons. The molecule has 5 heteroatoms. The van der Waals surface area contributed by atoms with Gasteiger partial charge in [-0.25, -0.2) is 0 Å². The predicted octanol–water partition coefficient (Wildman–Crippen LogP) is 2.38. The van der Waals surface area contributed by atoms with Gasteiger partial charge in [0.05, 0.1) is 5.92 Å². The highest BCUT2D eigenvalue weighted by atomic mass is 16.5. The second-order valence-electron chi connectivity index (χ2n) is 7.47. The summed E-state index contributed by atoms with van der Waals surface area (Å²) in [6.07, 6.45) is 2.05. The zero-order valence-corrected chi connectivity index (χ0v) is 14.6. The van der Waals surface area contributed by atoms with Gasteiger partial charge in [-0.15, -0.1) is 0 Å². The summed E-state index contributed by atoms with van der Waals surface area (Å²) in [5.41, 5.74) is 7.20. The molecule has 2 aliphatic rings. The number of carbonyl (C=O) groups is 2. The monoisotopic (exact) mass is 328 g/mol. The fourth-order valence-corrected chi connectivity index (χ4v) is 3.46. The average Bonchev–Trinajstić information content (AvgIpc) is 2.88. The van der Waals surface area contributed by atoms with Crippen LogP contribution in [-0.2, 0) is 16.0 Å². The number of rotatable bonds is 3. The summed E-state index contributed by atoms with van der Waals surface area (Å²) in [6.45, 7) is 8.19. The first kappa shape index (κ1) is 16.6. The van der Waals surface area contributed by atoms with Crippen LogP contribution in [0.2, 0.25) is 0 Å². The van der Waals surface area contributed by atoms with Crippen LogP contribution in [0.5, 0.6) is 5.75 Å². The van der Waals surface area contributed by atoms with Crippen LogP contribution in [0.1, 0.15) is 33.3 Å². The second-order valence-corrected chi connectivity index (χ2v) is 7.47. The molecule has 0 bridgehead atoms. The Morgan fingerprint density at radius 3 is 2.50 bits per heavy atom. The van der Waals surface area contributed by atoms with Gasteiger partial charge in [0.25, 0.3) is 5.91 Å². The molecule has 1 saturated carbocycles. The van der Waals surface area contributed by atoms with Gasteiger partial charge in [-0.3, -0.25) is 20.4 Å². The SMILES string of the molecule is CC(C)=C[C@@H]1[C@@H](C(=O)NNC(=O)[C@@H]2Cc3ccccc3O2)C1(C)C. The number of para-hydroxylation sites is 1. The summed E-state index contributed by atoms with van der Waals surface area (Å²) in [5.74, 6) is 0.361. The highest BCUT2D eigenvalue weighted by molar-refractivity contribution is 5.88. The lowest BCUT2D eigenvalue weighted by Gasteiger charge is -2.12. The molecule has 0 saturated heterocycles. The van der Waals surface area contributed by atoms with E-state index in [9.17, 15) is 9.59 Å². The third kappa shape index (κ3) is 3.03. The topological polar surface area (TPSA) is 67.4 Å². The summed E-state index contributed by atoms with van der Waals surface area (Å²) in [7, 11) is 0. The fourth-order valence-electron chi connectivity index (χ4n) is 3.46. The maximum absolute atomic E-state index is 12.4. The molecule has 1 fully saturated rings. The van der Waals surface area contributed by atoms with E-state index in [0.29, 0.717) is 6.42 Å². The second kappa shape index (κ2) is 5.96. The van der Waals surface area contributed by atoms with Crippen LogP contribution < -0.4 is 15.6 Å². The Bertz CT molecular complexity index is 679. The van der Waals surface area contributed by atoms with Crippen molar-refractivity contribution in [1.29, 1.82) is 0 Å². The van der Waals surface area contributed by atoms with Gasteiger partial charge in [0.1, 0.15) is 5.75 Å². The van der Waals surface area contributed by atoms with Crippen molar-refractivity contribution in [2.45, 2.75) is 40.2 Å². The van der Waals surface area contributed by atoms with Crippen molar-refractivity contribution in [3.8, 4) is 5.75 Å². The van der Waals surface area contributed by atoms with Crippen molar-refractivity contribution < 1.29 is 14.3 Å². The molecule has 0 unspecified atom stereocenters. The molecule has 1 aromatic rings. The lowest BCUT2D eigenvalue weighted by atomic mass is 10.1. The Balaban J connectivity index is 1.53. The number of benzene rings is 1. The van der Waals surface area contributed by atoms with E-state index in [2.05, 4.69) is 30.8 Å². The molecule has 3 atom stereocenters. The van der Waals surface area contributed by atoms with Crippen LogP contribution >= 0.6 is 0 Å². The maximum atomic E-state index is 12.4. The quantitative estimate of drug-likeness (QED) is 0.661. The predicted molar refractivity (Wildman–Crippen MR) is 91.0 cm³/mol. The lowest BCUT2D eigenvalue weighted by molar-refractivity contribution is -0.133. The number of ether oxygens (including phenoxy) is 1. The van der Waals surface area contributed by atoms with Gasteiger partial charge in [-0.2, -0.15) is 0 Å². The molecule has 1 heterocycles. The Morgan fingerprint density at radius 2 is 1.83 bits per heavy atom. The Labute approximate surface area is 142 Å². The zero-order valence-electron chi connectivity index (χ0n) is 14.6. The average molecular weight is 328 g/mol. The van der Waals surface area contributed by atoms with Crippen molar-refractivity contribution in [2.75, 3.05) is 0 Å². The van der Waals surface area contributed by atoms with E-state index in [4.69, 9.17) is 4.74 Å². The molecule has 1 aliphatic carbocycles. The normalized spacial score (nSPS) is 25.9. The van der Waals surface area contributed by atoms with E-state index in [0.717, 1.165) is 11.3 Å². The van der Waals surface area contributed by atoms with Gasteiger partial charge >= 0.3 is 0 Å². The summed E-state index contributed by atoms with van der Waals surface area (Å²) in [4.78, 5) is 24.6. The Morgan fingerprint density at radius 1 is 1.17 bits per heavy atom. The zero-order chi connectivity index (χ0) is 17.5. The molecule has 1 aromatic carbocycles. The standard InChI is InChI=1S/C19H24N2O3/c1-11(2)9-13-16(19(13,3)4)18(23)21-20-17(22)15-10-12-7-5-6-8-14(12)24-15/h5-9,13,15-16H,10H2,1-4H3,(H,20,22)(H,21,23)/t13-,15+,16+/m1/s1. The number of hydrogen-bond acceptors (Lipinski definition) is 3. The van der Waals surface area contributed by atoms with E-state index >= 15 is 0 Å². The van der Waals surface area contributed by atoms with Crippen LogP contribution in [-0.4, -0.2) is 17.9 Å². The number of carbonyl (C=O) groups excluding carboxylic acids is 2. The molecule has 24 heavy (non-hydrogen) atoms. The number of allylic oxidation sites excluding steroid dienone is 2. The number of amides is 2. The maximum Gasteiger partial charge on any atom is 0.279 e. The molecule has 3 rings (SSSR count). The summed E-state index contributed by atoms with van der Waals surface area (Å²) in [5, 5.41) is 0. The molecule has 2 amide bonds. The highest BCUT2D eigenvalue weighted by Gasteiger charge is 2.60. The van der Waals surface area contributed by atoms with Crippen LogP contribution in [0.3, 0.4) is 0 Å². The minimum Gasteiger partial charge on any atom is -0.480 e. The van der Waals surface area contributed by atoms with Crippen LogP contribution in [0.15, 0.2) is 35.9 Å². The molecule has 0 spiro atoms. The number of nitrogens with one attached hydrogen (secondary N) is 2. The largest absolute Gasteiger partial charge is 0.480 e. The first-order valence-corrected chi connectivity index (χ1v) is 8.30. The van der Waals surface area contributed by atoms with Crippen LogP contribution in [0.25, 0.3) is 0 Å². The van der Waals surface area contributed by atoms with Gasteiger partial charge < -0.3 is 4.74 Å². The molecule has 0 aromatic heterocycles. The first-order chi connectivity index (χ1) is 11.3.